The van der Waals surface area contributed by atoms with E-state index in [0.717, 1.165) is 37.9 Å². The summed E-state index contributed by atoms with van der Waals surface area (Å²) in [7, 11) is 1.60. The lowest BCUT2D eigenvalue weighted by Crippen LogP contribution is -2.48. The van der Waals surface area contributed by atoms with Gasteiger partial charge in [-0.05, 0) is 42.7 Å². The fraction of sp³-hybridized carbons (Fsp3) is 0.348. The first-order valence-electron chi connectivity index (χ1n) is 10.3. The number of hydrogen-bond donors (Lipinski definition) is 1. The largest absolute Gasteiger partial charge is 0.497 e. The van der Waals surface area contributed by atoms with Crippen molar-refractivity contribution >= 4 is 28.9 Å². The number of nitrogens with one attached hydrogen (secondary N) is 1. The maximum absolute atomic E-state index is 13.1. The number of halogens is 1. The van der Waals surface area contributed by atoms with Gasteiger partial charge in [-0.15, -0.1) is 0 Å². The van der Waals surface area contributed by atoms with Crippen molar-refractivity contribution in [1.29, 1.82) is 5.26 Å². The standard InChI is InChI=1S/C23H24ClN5O2/c1-31-17-11-9-16(10-12-17)22-18(15-25)21(23(30)27-28-13-5-2-6-14-28)26-29(22)20-8-4-3-7-19(20)24/h3-4,7-12,18,22H,2,5-6,13-14H2,1H3,(H,27,30)/t18-,22+/m1/s1. The van der Waals surface area contributed by atoms with Crippen LogP contribution in [-0.2, 0) is 4.79 Å². The summed E-state index contributed by atoms with van der Waals surface area (Å²) >= 11 is 6.46. The van der Waals surface area contributed by atoms with Crippen LogP contribution < -0.4 is 15.2 Å². The second kappa shape index (κ2) is 9.38. The molecule has 31 heavy (non-hydrogen) atoms. The number of carbonyl (C=O) groups is 1. The average molecular weight is 438 g/mol. The van der Waals surface area contributed by atoms with Crippen LogP contribution in [0.15, 0.2) is 53.6 Å². The number of hydrazine groups is 1. The van der Waals surface area contributed by atoms with E-state index in [4.69, 9.17) is 16.3 Å². The third-order valence-electron chi connectivity index (χ3n) is 5.63. The van der Waals surface area contributed by atoms with Gasteiger partial charge in [0.25, 0.3) is 5.91 Å². The molecule has 0 aromatic heterocycles. The van der Waals surface area contributed by atoms with Gasteiger partial charge in [0.05, 0.1) is 29.9 Å². The van der Waals surface area contributed by atoms with Gasteiger partial charge < -0.3 is 4.74 Å². The molecule has 1 fully saturated rings. The molecule has 2 aliphatic heterocycles. The number of rotatable bonds is 5. The molecule has 1 amide bonds. The summed E-state index contributed by atoms with van der Waals surface area (Å²) in [5, 5.41) is 18.7. The van der Waals surface area contributed by atoms with Crippen LogP contribution in [0.3, 0.4) is 0 Å². The highest BCUT2D eigenvalue weighted by atomic mass is 35.5. The Bertz CT molecular complexity index is 1010. The highest BCUT2D eigenvalue weighted by Crippen LogP contribution is 2.42. The Kier molecular flexibility index (Phi) is 6.40. The van der Waals surface area contributed by atoms with Crippen molar-refractivity contribution in [2.45, 2.75) is 25.3 Å². The van der Waals surface area contributed by atoms with Crippen LogP contribution >= 0.6 is 11.6 Å². The number of hydrazone groups is 1. The van der Waals surface area contributed by atoms with Gasteiger partial charge in [-0.2, -0.15) is 10.4 Å². The number of para-hydroxylation sites is 1. The zero-order valence-electron chi connectivity index (χ0n) is 17.3. The molecule has 1 saturated heterocycles. The van der Waals surface area contributed by atoms with E-state index in [1.165, 1.54) is 0 Å². The summed E-state index contributed by atoms with van der Waals surface area (Å²) in [4.78, 5) is 13.1. The van der Waals surface area contributed by atoms with Crippen LogP contribution in [0.4, 0.5) is 5.69 Å². The van der Waals surface area contributed by atoms with Gasteiger partial charge in [-0.3, -0.25) is 15.2 Å². The second-order valence-electron chi connectivity index (χ2n) is 7.59. The van der Waals surface area contributed by atoms with E-state index >= 15 is 0 Å². The molecule has 2 atom stereocenters. The Balaban J connectivity index is 1.71. The lowest BCUT2D eigenvalue weighted by atomic mass is 9.90. The molecule has 7 nitrogen and oxygen atoms in total. The van der Waals surface area contributed by atoms with Crippen molar-refractivity contribution in [3.63, 3.8) is 0 Å². The number of ether oxygens (including phenoxy) is 1. The van der Waals surface area contributed by atoms with Gasteiger partial charge >= 0.3 is 0 Å². The van der Waals surface area contributed by atoms with Crippen LogP contribution in [0.5, 0.6) is 5.75 Å². The minimum atomic E-state index is -0.755. The lowest BCUT2D eigenvalue weighted by Gasteiger charge is -2.27. The number of amides is 1. The van der Waals surface area contributed by atoms with Crippen molar-refractivity contribution in [3.8, 4) is 11.8 Å². The number of benzene rings is 2. The van der Waals surface area contributed by atoms with Crippen molar-refractivity contribution in [2.75, 3.05) is 25.2 Å². The molecule has 1 N–H and O–H groups in total. The first-order valence-corrected chi connectivity index (χ1v) is 10.7. The first kappa shape index (κ1) is 21.2. The van der Waals surface area contributed by atoms with E-state index < -0.39 is 12.0 Å². The first-order chi connectivity index (χ1) is 15.1. The molecular weight excluding hydrogens is 414 g/mol. The Morgan fingerprint density at radius 1 is 1.16 bits per heavy atom. The fourth-order valence-corrected chi connectivity index (χ4v) is 4.25. The molecule has 0 radical (unpaired) electrons. The quantitative estimate of drug-likeness (QED) is 0.766. The van der Waals surface area contributed by atoms with E-state index in [1.54, 1.807) is 18.2 Å². The zero-order valence-corrected chi connectivity index (χ0v) is 18.0. The number of carbonyl (C=O) groups excluding carboxylic acids is 1. The van der Waals surface area contributed by atoms with E-state index in [9.17, 15) is 10.1 Å². The predicted molar refractivity (Wildman–Crippen MR) is 120 cm³/mol. The Hall–Kier alpha value is -3.08. The fourth-order valence-electron chi connectivity index (χ4n) is 4.03. The molecule has 2 aromatic carbocycles. The molecule has 2 aromatic rings. The van der Waals surface area contributed by atoms with E-state index in [1.807, 2.05) is 47.5 Å². The van der Waals surface area contributed by atoms with Crippen LogP contribution in [0.25, 0.3) is 0 Å². The minimum Gasteiger partial charge on any atom is -0.497 e. The maximum atomic E-state index is 13.1. The van der Waals surface area contributed by atoms with Crippen LogP contribution in [0.2, 0.25) is 5.02 Å². The number of anilines is 1. The average Bonchev–Trinajstić information content (AvgIpc) is 3.19. The van der Waals surface area contributed by atoms with Crippen molar-refractivity contribution < 1.29 is 9.53 Å². The molecule has 0 spiro atoms. The smallest absolute Gasteiger partial charge is 0.283 e. The molecular formula is C23H24ClN5O2. The number of methoxy groups -OCH3 is 1. The summed E-state index contributed by atoms with van der Waals surface area (Å²) < 4.78 is 5.26. The van der Waals surface area contributed by atoms with Crippen molar-refractivity contribution in [3.05, 3.63) is 59.1 Å². The van der Waals surface area contributed by atoms with Crippen LogP contribution in [0, 0.1) is 17.2 Å². The molecule has 2 heterocycles. The summed E-state index contributed by atoms with van der Waals surface area (Å²) in [6.07, 6.45) is 3.23. The third-order valence-corrected chi connectivity index (χ3v) is 5.95. The number of hydrogen-bond acceptors (Lipinski definition) is 6. The molecule has 0 bridgehead atoms. The highest BCUT2D eigenvalue weighted by Gasteiger charge is 2.43. The highest BCUT2D eigenvalue weighted by molar-refractivity contribution is 6.41. The topological polar surface area (TPSA) is 81.0 Å². The number of nitrogens with zero attached hydrogens (tertiary/aromatic N) is 4. The molecule has 0 unspecified atom stereocenters. The van der Waals surface area contributed by atoms with Crippen molar-refractivity contribution in [1.82, 2.24) is 10.4 Å². The normalized spacial score (nSPS) is 21.3. The zero-order chi connectivity index (χ0) is 21.8. The van der Waals surface area contributed by atoms with E-state index in [-0.39, 0.29) is 11.6 Å². The molecule has 0 saturated carbocycles. The van der Waals surface area contributed by atoms with Gasteiger partial charge in [0.2, 0.25) is 0 Å². The monoisotopic (exact) mass is 437 g/mol. The molecule has 2 aliphatic rings. The molecule has 8 heteroatoms. The van der Waals surface area contributed by atoms with Crippen LogP contribution in [-0.4, -0.2) is 36.8 Å². The molecule has 0 aliphatic carbocycles. The molecule has 4 rings (SSSR count). The van der Waals surface area contributed by atoms with E-state index in [0.29, 0.717) is 16.5 Å². The van der Waals surface area contributed by atoms with Gasteiger partial charge in [0, 0.05) is 13.1 Å². The Morgan fingerprint density at radius 2 is 1.87 bits per heavy atom. The minimum absolute atomic E-state index is 0.189. The maximum Gasteiger partial charge on any atom is 0.283 e. The van der Waals surface area contributed by atoms with Gasteiger partial charge in [-0.25, -0.2) is 5.01 Å². The number of piperidine rings is 1. The summed E-state index contributed by atoms with van der Waals surface area (Å²) in [5.41, 5.74) is 4.61. The van der Waals surface area contributed by atoms with Crippen molar-refractivity contribution in [2.24, 2.45) is 11.0 Å². The van der Waals surface area contributed by atoms with Gasteiger partial charge in [0.1, 0.15) is 17.4 Å². The summed E-state index contributed by atoms with van der Waals surface area (Å²) in [6, 6.07) is 16.6. The molecule has 160 valence electrons. The van der Waals surface area contributed by atoms with Crippen LogP contribution in [0.1, 0.15) is 30.9 Å². The van der Waals surface area contributed by atoms with Gasteiger partial charge in [-0.1, -0.05) is 42.3 Å². The second-order valence-corrected chi connectivity index (χ2v) is 8.00. The SMILES string of the molecule is COc1ccc([C@H]2[C@H](C#N)C(C(=O)NN3CCCCC3)=NN2c2ccccc2Cl)cc1. The Morgan fingerprint density at radius 3 is 2.52 bits per heavy atom. The summed E-state index contributed by atoms with van der Waals surface area (Å²) in [5.74, 6) is -0.389. The Labute approximate surface area is 186 Å². The predicted octanol–water partition coefficient (Wildman–Crippen LogP) is 3.92. The van der Waals surface area contributed by atoms with Gasteiger partial charge in [0.15, 0.2) is 0 Å². The lowest BCUT2D eigenvalue weighted by molar-refractivity contribution is -0.119. The van der Waals surface area contributed by atoms with E-state index in [2.05, 4.69) is 16.6 Å². The third kappa shape index (κ3) is 4.36. The number of nitriles is 1. The summed E-state index contributed by atoms with van der Waals surface area (Å²) in [6.45, 7) is 1.60.